The summed E-state index contributed by atoms with van der Waals surface area (Å²) in [5.74, 6) is 0.0700. The first kappa shape index (κ1) is 12.8. The predicted molar refractivity (Wildman–Crippen MR) is 72.7 cm³/mol. The molecule has 2 rings (SSSR count). The molecule has 0 bridgehead atoms. The maximum absolute atomic E-state index is 12.4. The molecule has 2 aliphatic carbocycles. The van der Waals surface area contributed by atoms with Gasteiger partial charge in [-0.3, -0.25) is 4.79 Å². The maximum Gasteiger partial charge on any atom is 0.233 e. The number of nitrogens with one attached hydrogen (secondary N) is 1. The Balaban J connectivity index is 2.03. The smallest absolute Gasteiger partial charge is 0.233 e. The van der Waals surface area contributed by atoms with Crippen molar-refractivity contribution in [2.45, 2.75) is 63.8 Å². The van der Waals surface area contributed by atoms with Gasteiger partial charge in [0.1, 0.15) is 0 Å². The lowest BCUT2D eigenvalue weighted by molar-refractivity contribution is -0.133. The Morgan fingerprint density at radius 1 is 1.12 bits per heavy atom. The molecule has 96 valence electrons. The van der Waals surface area contributed by atoms with Crippen LogP contribution < -0.4 is 11.1 Å². The van der Waals surface area contributed by atoms with E-state index in [0.717, 1.165) is 32.1 Å². The highest BCUT2D eigenvalue weighted by atomic mass is 32.1. The largest absolute Gasteiger partial charge is 0.392 e. The van der Waals surface area contributed by atoms with E-state index in [1.165, 1.54) is 19.3 Å². The van der Waals surface area contributed by atoms with Crippen LogP contribution in [0.4, 0.5) is 0 Å². The van der Waals surface area contributed by atoms with Gasteiger partial charge in [0.05, 0.1) is 10.4 Å². The van der Waals surface area contributed by atoms with Crippen LogP contribution >= 0.6 is 12.2 Å². The standard InChI is InChI=1S/C13H22N2OS/c1-12(6-3-2-4-7-12)15-11(16)13(10(14)17)8-5-9-13/h2-9H2,1H3,(H2,14,17)(H,15,16). The Labute approximate surface area is 109 Å². The van der Waals surface area contributed by atoms with Gasteiger partial charge in [0.25, 0.3) is 0 Å². The van der Waals surface area contributed by atoms with E-state index in [9.17, 15) is 4.79 Å². The number of amides is 1. The molecule has 0 unspecified atom stereocenters. The highest BCUT2D eigenvalue weighted by Gasteiger charge is 2.48. The summed E-state index contributed by atoms with van der Waals surface area (Å²) >= 11 is 5.08. The van der Waals surface area contributed by atoms with Crippen molar-refractivity contribution >= 4 is 23.1 Å². The van der Waals surface area contributed by atoms with Crippen molar-refractivity contribution in [3.63, 3.8) is 0 Å². The minimum atomic E-state index is -0.532. The third-order valence-electron chi connectivity index (χ3n) is 4.49. The fourth-order valence-electron chi connectivity index (χ4n) is 2.97. The van der Waals surface area contributed by atoms with Crippen LogP contribution in [0, 0.1) is 5.41 Å². The van der Waals surface area contributed by atoms with Crippen molar-refractivity contribution in [1.29, 1.82) is 0 Å². The summed E-state index contributed by atoms with van der Waals surface area (Å²) in [7, 11) is 0. The van der Waals surface area contributed by atoms with Gasteiger partial charge in [-0.1, -0.05) is 37.9 Å². The van der Waals surface area contributed by atoms with Gasteiger partial charge in [0.15, 0.2) is 0 Å². The van der Waals surface area contributed by atoms with Gasteiger partial charge in [-0.05, 0) is 32.6 Å². The van der Waals surface area contributed by atoms with Gasteiger partial charge >= 0.3 is 0 Å². The fraction of sp³-hybridized carbons (Fsp3) is 0.846. The van der Waals surface area contributed by atoms with Crippen LogP contribution in [0.5, 0.6) is 0 Å². The van der Waals surface area contributed by atoms with E-state index in [1.807, 2.05) is 0 Å². The van der Waals surface area contributed by atoms with Crippen molar-refractivity contribution in [2.75, 3.05) is 0 Å². The second-order valence-electron chi connectivity index (χ2n) is 5.88. The molecule has 0 aliphatic heterocycles. The number of hydrogen-bond acceptors (Lipinski definition) is 2. The monoisotopic (exact) mass is 254 g/mol. The molecule has 0 atom stereocenters. The number of thiocarbonyl (C=S) groups is 1. The van der Waals surface area contributed by atoms with Crippen LogP contribution in [-0.4, -0.2) is 16.4 Å². The number of nitrogens with two attached hydrogens (primary N) is 1. The molecular weight excluding hydrogens is 232 g/mol. The molecule has 0 aromatic heterocycles. The van der Waals surface area contributed by atoms with Crippen molar-refractivity contribution in [1.82, 2.24) is 5.32 Å². The summed E-state index contributed by atoms with van der Waals surface area (Å²) in [4.78, 5) is 12.8. The summed E-state index contributed by atoms with van der Waals surface area (Å²) in [5.41, 5.74) is 5.18. The summed E-state index contributed by atoms with van der Waals surface area (Å²) < 4.78 is 0. The number of carbonyl (C=O) groups is 1. The van der Waals surface area contributed by atoms with Gasteiger partial charge in [-0.15, -0.1) is 0 Å². The lowest BCUT2D eigenvalue weighted by Crippen LogP contribution is -2.58. The zero-order valence-corrected chi connectivity index (χ0v) is 11.4. The van der Waals surface area contributed by atoms with E-state index in [0.29, 0.717) is 4.99 Å². The van der Waals surface area contributed by atoms with Gasteiger partial charge in [0.2, 0.25) is 5.91 Å². The quantitative estimate of drug-likeness (QED) is 0.760. The molecule has 3 N–H and O–H groups in total. The Morgan fingerprint density at radius 2 is 1.71 bits per heavy atom. The van der Waals surface area contributed by atoms with Crippen LogP contribution in [0.15, 0.2) is 0 Å². The average molecular weight is 254 g/mol. The van der Waals surface area contributed by atoms with E-state index in [4.69, 9.17) is 18.0 Å². The molecule has 2 aliphatic rings. The SMILES string of the molecule is CC1(NC(=O)C2(C(N)=S)CCC2)CCCCC1. The fourth-order valence-corrected chi connectivity index (χ4v) is 3.26. The van der Waals surface area contributed by atoms with Gasteiger partial charge < -0.3 is 11.1 Å². The zero-order chi connectivity index (χ0) is 12.5. The first-order valence-corrected chi connectivity index (χ1v) is 7.02. The van der Waals surface area contributed by atoms with E-state index < -0.39 is 5.41 Å². The summed E-state index contributed by atoms with van der Waals surface area (Å²) in [6, 6.07) is 0. The number of rotatable bonds is 3. The minimum absolute atomic E-state index is 0.0390. The van der Waals surface area contributed by atoms with E-state index in [-0.39, 0.29) is 11.4 Å². The van der Waals surface area contributed by atoms with E-state index in [1.54, 1.807) is 0 Å². The van der Waals surface area contributed by atoms with Crippen molar-refractivity contribution in [3.05, 3.63) is 0 Å². The second-order valence-corrected chi connectivity index (χ2v) is 6.32. The molecular formula is C13H22N2OS. The highest BCUT2D eigenvalue weighted by Crippen LogP contribution is 2.42. The number of hydrogen-bond donors (Lipinski definition) is 2. The molecule has 0 radical (unpaired) electrons. The van der Waals surface area contributed by atoms with Gasteiger partial charge in [0, 0.05) is 5.54 Å². The third-order valence-corrected chi connectivity index (χ3v) is 4.88. The Kier molecular flexibility index (Phi) is 3.43. The molecule has 0 aromatic carbocycles. The highest BCUT2D eigenvalue weighted by molar-refractivity contribution is 7.80. The third kappa shape index (κ3) is 2.32. The topological polar surface area (TPSA) is 55.1 Å². The zero-order valence-electron chi connectivity index (χ0n) is 10.6. The van der Waals surface area contributed by atoms with Crippen molar-refractivity contribution in [2.24, 2.45) is 11.1 Å². The molecule has 3 nitrogen and oxygen atoms in total. The van der Waals surface area contributed by atoms with Crippen LogP contribution in [0.2, 0.25) is 0 Å². The molecule has 17 heavy (non-hydrogen) atoms. The van der Waals surface area contributed by atoms with E-state index >= 15 is 0 Å². The molecule has 2 fully saturated rings. The first-order chi connectivity index (χ1) is 7.99. The second kappa shape index (κ2) is 4.56. The van der Waals surface area contributed by atoms with Gasteiger partial charge in [-0.2, -0.15) is 0 Å². The normalized spacial score (nSPS) is 25.7. The maximum atomic E-state index is 12.4. The van der Waals surface area contributed by atoms with Crippen molar-refractivity contribution in [3.8, 4) is 0 Å². The Bertz CT molecular complexity index is 330. The molecule has 0 heterocycles. The average Bonchev–Trinajstić information content (AvgIpc) is 2.14. The summed E-state index contributed by atoms with van der Waals surface area (Å²) in [5, 5.41) is 3.21. The summed E-state index contributed by atoms with van der Waals surface area (Å²) in [6.07, 6.45) is 8.55. The molecule has 0 saturated heterocycles. The lowest BCUT2D eigenvalue weighted by Gasteiger charge is -2.43. The Hall–Kier alpha value is -0.640. The van der Waals surface area contributed by atoms with Crippen molar-refractivity contribution < 1.29 is 4.79 Å². The Morgan fingerprint density at radius 3 is 2.12 bits per heavy atom. The van der Waals surface area contributed by atoms with Crippen LogP contribution in [0.3, 0.4) is 0 Å². The molecule has 0 aromatic rings. The van der Waals surface area contributed by atoms with Crippen LogP contribution in [0.25, 0.3) is 0 Å². The molecule has 4 heteroatoms. The lowest BCUT2D eigenvalue weighted by atomic mass is 9.67. The molecule has 0 spiro atoms. The van der Waals surface area contributed by atoms with E-state index in [2.05, 4.69) is 12.2 Å². The predicted octanol–water partition coefficient (Wildman–Crippen LogP) is 2.28. The number of carbonyl (C=O) groups excluding carboxylic acids is 1. The van der Waals surface area contributed by atoms with Gasteiger partial charge in [-0.25, -0.2) is 0 Å². The molecule has 2 saturated carbocycles. The van der Waals surface area contributed by atoms with Crippen LogP contribution in [0.1, 0.15) is 58.3 Å². The van der Waals surface area contributed by atoms with Crippen LogP contribution in [-0.2, 0) is 4.79 Å². The molecule has 1 amide bonds. The first-order valence-electron chi connectivity index (χ1n) is 6.61. The summed E-state index contributed by atoms with van der Waals surface area (Å²) in [6.45, 7) is 2.15. The minimum Gasteiger partial charge on any atom is -0.392 e.